The smallest absolute Gasteiger partial charge is 0.252 e. The van der Waals surface area contributed by atoms with E-state index in [1.807, 2.05) is 0 Å². The van der Waals surface area contributed by atoms with E-state index in [0.29, 0.717) is 0 Å². The number of hydrogen-bond donors (Lipinski definition) is 0. The summed E-state index contributed by atoms with van der Waals surface area (Å²) < 4.78 is 4.85. The Kier molecular flexibility index (Phi) is 16.2. The molecule has 0 bridgehead atoms. The third kappa shape index (κ3) is 10.7. The van der Waals surface area contributed by atoms with Gasteiger partial charge in [0.05, 0.1) is 44.3 Å². The maximum atomic E-state index is 2.69. The number of rotatable bonds is 12. The van der Waals surface area contributed by atoms with Crippen LogP contribution in [0.3, 0.4) is 0 Å². The Balaban J connectivity index is 0.757. The first-order chi connectivity index (χ1) is 61.7. The van der Waals surface area contributed by atoms with Gasteiger partial charge in [-0.2, -0.15) is 0 Å². The maximum Gasteiger partial charge on any atom is 0.252 e. The zero-order chi connectivity index (χ0) is 82.8. The molecule has 0 saturated carbocycles. The summed E-state index contributed by atoms with van der Waals surface area (Å²) in [6.45, 7) is 6.96. The molecule has 0 atom stereocenters. The molecule has 4 aliphatic rings. The van der Waals surface area contributed by atoms with Crippen LogP contribution in [0.5, 0.6) is 0 Å². The molecule has 0 fully saturated rings. The lowest BCUT2D eigenvalue weighted by Gasteiger charge is -2.46. The number of aromatic nitrogens is 2. The first kappa shape index (κ1) is 72.3. The van der Waals surface area contributed by atoms with E-state index in [1.54, 1.807) is 0 Å². The van der Waals surface area contributed by atoms with Gasteiger partial charge in [0.2, 0.25) is 0 Å². The van der Waals surface area contributed by atoms with Gasteiger partial charge < -0.3 is 18.9 Å². The fourth-order valence-corrected chi connectivity index (χ4v) is 22.4. The second-order valence-electron chi connectivity index (χ2n) is 35.3. The Bertz CT molecular complexity index is 7420. The molecule has 4 nitrogen and oxygen atoms in total. The quantitative estimate of drug-likeness (QED) is 0.113. The third-order valence-corrected chi connectivity index (χ3v) is 27.8. The van der Waals surface area contributed by atoms with Crippen molar-refractivity contribution in [2.24, 2.45) is 0 Å². The summed E-state index contributed by atoms with van der Waals surface area (Å²) in [5, 5.41) is 4.86. The average molecular weight is 1590 g/mol. The van der Waals surface area contributed by atoms with E-state index in [9.17, 15) is 0 Å². The molecule has 19 aromatic carbocycles. The molecule has 5 heteroatoms. The van der Waals surface area contributed by atoms with Gasteiger partial charge in [-0.05, 0) is 237 Å². The van der Waals surface area contributed by atoms with Crippen LogP contribution in [0.2, 0.25) is 0 Å². The Morgan fingerprint density at radius 3 is 0.928 bits per heavy atom. The Hall–Kier alpha value is -15.6. The maximum absolute atomic E-state index is 2.69. The van der Waals surface area contributed by atoms with E-state index in [-0.39, 0.29) is 12.1 Å². The van der Waals surface area contributed by atoms with Crippen LogP contribution in [-0.4, -0.2) is 15.8 Å². The van der Waals surface area contributed by atoms with Gasteiger partial charge in [-0.3, -0.25) is 0 Å². The third-order valence-electron chi connectivity index (χ3n) is 27.8. The number of nitrogens with zero attached hydrogens (tertiary/aromatic N) is 4. The second-order valence-corrected chi connectivity index (χ2v) is 35.3. The van der Waals surface area contributed by atoms with Gasteiger partial charge in [-0.25, -0.2) is 0 Å². The van der Waals surface area contributed by atoms with Gasteiger partial charge in [-0.1, -0.05) is 360 Å². The van der Waals surface area contributed by atoms with Gasteiger partial charge in [0.25, 0.3) is 6.71 Å². The molecule has 25 rings (SSSR count). The van der Waals surface area contributed by atoms with Crippen molar-refractivity contribution in [2.75, 3.05) is 9.80 Å². The van der Waals surface area contributed by atoms with Crippen LogP contribution in [0.25, 0.3) is 122 Å². The Morgan fingerprint density at radius 1 is 0.216 bits per heavy atom. The number of benzene rings is 19. The lowest BCUT2D eigenvalue weighted by molar-refractivity contribution is 0.590. The van der Waals surface area contributed by atoms with E-state index in [2.05, 4.69) is 489 Å². The highest BCUT2D eigenvalue weighted by atomic mass is 15.2. The topological polar surface area (TPSA) is 16.3 Å². The lowest BCUT2D eigenvalue weighted by Crippen LogP contribution is -2.61. The van der Waals surface area contributed by atoms with Crippen molar-refractivity contribution >= 4 is 101 Å². The molecule has 0 amide bonds. The van der Waals surface area contributed by atoms with E-state index < -0.39 is 10.8 Å². The molecule has 4 heterocycles. The summed E-state index contributed by atoms with van der Waals surface area (Å²) in [4.78, 5) is 5.38. The number of anilines is 6. The molecule has 586 valence electrons. The van der Waals surface area contributed by atoms with Gasteiger partial charge in [0.15, 0.2) is 0 Å². The lowest BCUT2D eigenvalue weighted by atomic mass is 9.33. The van der Waals surface area contributed by atoms with Gasteiger partial charge in [-0.15, -0.1) is 0 Å². The predicted molar refractivity (Wildman–Crippen MR) is 524 cm³/mol. The fourth-order valence-electron chi connectivity index (χ4n) is 22.4. The monoisotopic (exact) mass is 1590 g/mol. The molecule has 2 aliphatic carbocycles. The van der Waals surface area contributed by atoms with Crippen molar-refractivity contribution in [1.82, 2.24) is 9.13 Å². The molecule has 0 saturated heterocycles. The van der Waals surface area contributed by atoms with Crippen LogP contribution < -0.4 is 26.2 Å². The predicted octanol–water partition coefficient (Wildman–Crippen LogP) is 28.7. The first-order valence-electron chi connectivity index (χ1n) is 43.8. The minimum absolute atomic E-state index is 0.238. The number of fused-ring (bicyclic) bond motifs is 16. The van der Waals surface area contributed by atoms with Crippen molar-refractivity contribution in [2.45, 2.75) is 37.0 Å². The Labute approximate surface area is 728 Å². The summed E-state index contributed by atoms with van der Waals surface area (Å²) in [5.74, 6) is 0. The van der Waals surface area contributed by atoms with E-state index >= 15 is 0 Å². The van der Waals surface area contributed by atoms with Gasteiger partial charge >= 0.3 is 0 Å². The standard InChI is InChI=1S/C120H83BN4/c1-118(2,3)88-76-115-117-116(77-88)125(108-55-31-25-47-92(108)83-59-65-96-94-49-23-29-53-102(94)120(104(96)73-83,86-38-14-6-15-39-86)87-40-16-7-17-41-87)114-75-81(79-63-69-112-100(71-79)98-51-27-33-57-110(98)123(112)90-44-20-9-21-45-90)61-67-106(114)121(117)105-66-60-80(78-62-68-111-99(70-78)97-50-26-32-56-109(97)122(111)89-42-18-8-19-43-89)74-113(105)124(115)107-54-30-24-46-91(107)82-58-64-95-93-48-22-28-52-101(93)119(103(95)72-82,84-34-10-4-11-35-84)85-36-12-5-13-37-85/h4-77H,1-3H3. The average Bonchev–Trinajstić information content (AvgIpc) is 1.58. The minimum atomic E-state index is -0.617. The van der Waals surface area contributed by atoms with Gasteiger partial charge in [0, 0.05) is 66.8 Å². The highest BCUT2D eigenvalue weighted by Crippen LogP contribution is 2.61. The van der Waals surface area contributed by atoms with Crippen molar-refractivity contribution in [3.63, 3.8) is 0 Å². The summed E-state index contributed by atoms with van der Waals surface area (Å²) in [6, 6.07) is 170. The van der Waals surface area contributed by atoms with E-state index in [4.69, 9.17) is 0 Å². The van der Waals surface area contributed by atoms with Crippen molar-refractivity contribution in [1.29, 1.82) is 0 Å². The van der Waals surface area contributed by atoms with Crippen LogP contribution in [0.15, 0.2) is 449 Å². The van der Waals surface area contributed by atoms with E-state index in [0.717, 1.165) is 90.0 Å². The molecule has 0 radical (unpaired) electrons. The van der Waals surface area contributed by atoms with E-state index in [1.165, 1.54) is 132 Å². The molecule has 0 spiro atoms. The molecular weight excluding hydrogens is 1510 g/mol. The molecular formula is C120H83BN4. The van der Waals surface area contributed by atoms with Crippen LogP contribution >= 0.6 is 0 Å². The molecule has 2 aromatic heterocycles. The first-order valence-corrected chi connectivity index (χ1v) is 43.8. The summed E-state index contributed by atoms with van der Waals surface area (Å²) >= 11 is 0. The zero-order valence-electron chi connectivity index (χ0n) is 69.6. The molecule has 125 heavy (non-hydrogen) atoms. The summed E-state index contributed by atoms with van der Waals surface area (Å²) in [5.41, 5.74) is 41.3. The minimum Gasteiger partial charge on any atom is -0.311 e. The van der Waals surface area contributed by atoms with Gasteiger partial charge in [0.1, 0.15) is 0 Å². The van der Waals surface area contributed by atoms with Crippen LogP contribution in [0, 0.1) is 0 Å². The SMILES string of the molecule is CC(C)(C)c1cc2c3c(c1)N(c1ccccc1-c1ccc4c(c1)C(c1ccccc1)(c1ccccc1)c1ccccc1-4)c1cc(-c4ccc5c(c4)c4ccccc4n5-c4ccccc4)ccc1B3c1ccc(-c3ccc4c(c3)c3ccccc3n4-c3ccccc3)cc1N2c1ccccc1-c1ccc2c(c1)C(c1ccccc1)(c1ccccc1)c1ccccc1-2. The molecule has 2 aliphatic heterocycles. The highest BCUT2D eigenvalue weighted by molar-refractivity contribution is 7.00. The second kappa shape index (κ2) is 28.0. The van der Waals surface area contributed by atoms with Crippen LogP contribution in [0.4, 0.5) is 34.1 Å². The number of para-hydroxylation sites is 6. The van der Waals surface area contributed by atoms with Crippen molar-refractivity contribution < 1.29 is 0 Å². The Morgan fingerprint density at radius 2 is 0.528 bits per heavy atom. The van der Waals surface area contributed by atoms with Crippen molar-refractivity contribution in [3.8, 4) is 78.1 Å². The molecule has 0 N–H and O–H groups in total. The molecule has 21 aromatic rings. The van der Waals surface area contributed by atoms with Crippen molar-refractivity contribution in [3.05, 3.63) is 499 Å². The summed E-state index contributed by atoms with van der Waals surface area (Å²) in [6.07, 6.45) is 0. The molecule has 0 unspecified atom stereocenters. The number of hydrogen-bond acceptors (Lipinski definition) is 2. The highest BCUT2D eigenvalue weighted by Gasteiger charge is 2.50. The van der Waals surface area contributed by atoms with Crippen LogP contribution in [0.1, 0.15) is 70.8 Å². The zero-order valence-corrected chi connectivity index (χ0v) is 69.6. The fraction of sp³-hybridized carbons (Fsp3) is 0.0500. The normalized spacial score (nSPS) is 13.6. The summed E-state index contributed by atoms with van der Waals surface area (Å²) in [7, 11) is 0. The van der Waals surface area contributed by atoms with Crippen LogP contribution in [-0.2, 0) is 16.2 Å². The largest absolute Gasteiger partial charge is 0.311 e.